The Morgan fingerprint density at radius 2 is 0.640 bits per heavy atom. The van der Waals surface area contributed by atoms with E-state index in [0.29, 0.717) is 23.0 Å². The molecular weight excluding hydrogens is 921 g/mol. The van der Waals surface area contributed by atoms with Crippen LogP contribution in [0.15, 0.2) is 231 Å². The van der Waals surface area contributed by atoms with Gasteiger partial charge in [-0.05, 0) is 131 Å². The van der Waals surface area contributed by atoms with Crippen molar-refractivity contribution in [3.05, 3.63) is 297 Å². The standard InChI is InChI=1S/C69H44N2O4/c70-63-43-37-57(45-65(63)72)74-55-33-29-53(30-34-55)69(54-31-35-56(36-32-54)75-58-38-44-64(71)66(73)46-58)61-41-27-51(25-21-47-13-5-1-6-14-47)59(39-23-49-17-9-3-10-18-49)67(61)68-60(40-24-50-19-11-4-12-20-50)52(28-42-62(68)69)26-22-48-15-7-2-8-16-48/h1-20,27-38,41-46,72-73H,70-71H2. The minimum Gasteiger partial charge on any atom is -0.506 e. The van der Waals surface area contributed by atoms with Gasteiger partial charge in [0.05, 0.1) is 16.8 Å². The zero-order valence-corrected chi connectivity index (χ0v) is 40.3. The highest BCUT2D eigenvalue weighted by atomic mass is 16.5. The van der Waals surface area contributed by atoms with Crippen molar-refractivity contribution in [2.24, 2.45) is 0 Å². The average molecular weight is 965 g/mol. The van der Waals surface area contributed by atoms with E-state index in [2.05, 4.69) is 95.9 Å². The highest BCUT2D eigenvalue weighted by Gasteiger charge is 2.48. The number of nitrogen functional groups attached to an aromatic ring is 2. The van der Waals surface area contributed by atoms with E-state index in [-0.39, 0.29) is 22.9 Å². The van der Waals surface area contributed by atoms with E-state index < -0.39 is 5.41 Å². The van der Waals surface area contributed by atoms with E-state index >= 15 is 0 Å². The second-order valence-corrected chi connectivity index (χ2v) is 17.7. The number of phenolic OH excluding ortho intramolecular Hbond substituents is 2. The quantitative estimate of drug-likeness (QED) is 0.0751. The Balaban J connectivity index is 1.23. The molecule has 0 unspecified atom stereocenters. The van der Waals surface area contributed by atoms with Crippen LogP contribution in [0.2, 0.25) is 0 Å². The van der Waals surface area contributed by atoms with Crippen molar-refractivity contribution in [2.45, 2.75) is 5.41 Å². The Morgan fingerprint density at radius 3 is 0.973 bits per heavy atom. The van der Waals surface area contributed by atoms with Gasteiger partial charge < -0.3 is 31.2 Å². The van der Waals surface area contributed by atoms with Crippen LogP contribution >= 0.6 is 0 Å². The van der Waals surface area contributed by atoms with Crippen LogP contribution in [-0.2, 0) is 5.41 Å². The number of phenols is 2. The molecule has 0 aliphatic heterocycles. The molecule has 11 rings (SSSR count). The number of anilines is 2. The molecular formula is C69H44N2O4. The fourth-order valence-corrected chi connectivity index (χ4v) is 9.38. The summed E-state index contributed by atoms with van der Waals surface area (Å²) >= 11 is 0. The van der Waals surface area contributed by atoms with E-state index in [1.54, 1.807) is 24.3 Å². The van der Waals surface area contributed by atoms with E-state index in [0.717, 1.165) is 77.9 Å². The molecule has 6 nitrogen and oxygen atoms in total. The number of benzene rings is 10. The first-order valence-corrected chi connectivity index (χ1v) is 24.2. The van der Waals surface area contributed by atoms with Gasteiger partial charge in [0.1, 0.15) is 34.5 Å². The Hall–Kier alpha value is -10.8. The summed E-state index contributed by atoms with van der Waals surface area (Å²) in [6.07, 6.45) is 0. The molecule has 0 saturated carbocycles. The smallest absolute Gasteiger partial charge is 0.142 e. The lowest BCUT2D eigenvalue weighted by atomic mass is 9.67. The molecule has 354 valence electrons. The fourth-order valence-electron chi connectivity index (χ4n) is 9.38. The molecule has 0 fully saturated rings. The minimum atomic E-state index is -1.02. The summed E-state index contributed by atoms with van der Waals surface area (Å²) in [5.74, 6) is 30.2. The lowest BCUT2D eigenvalue weighted by molar-refractivity contribution is 0.456. The number of ether oxygens (including phenoxy) is 2. The first-order valence-electron chi connectivity index (χ1n) is 24.2. The van der Waals surface area contributed by atoms with Crippen LogP contribution in [0.5, 0.6) is 34.5 Å². The summed E-state index contributed by atoms with van der Waals surface area (Å²) in [4.78, 5) is 0. The zero-order valence-electron chi connectivity index (χ0n) is 40.3. The van der Waals surface area contributed by atoms with Gasteiger partial charge in [-0.25, -0.2) is 0 Å². The van der Waals surface area contributed by atoms with Gasteiger partial charge in [0.15, 0.2) is 0 Å². The fraction of sp³-hybridized carbons (Fsp3) is 0.0145. The molecule has 1 aliphatic carbocycles. The van der Waals surface area contributed by atoms with Crippen LogP contribution < -0.4 is 20.9 Å². The maximum Gasteiger partial charge on any atom is 0.142 e. The summed E-state index contributed by atoms with van der Waals surface area (Å²) < 4.78 is 12.6. The van der Waals surface area contributed by atoms with Crippen molar-refractivity contribution in [3.8, 4) is 93.0 Å². The van der Waals surface area contributed by atoms with Crippen LogP contribution in [0.3, 0.4) is 0 Å². The van der Waals surface area contributed by atoms with Crippen molar-refractivity contribution in [1.29, 1.82) is 0 Å². The van der Waals surface area contributed by atoms with Crippen molar-refractivity contribution < 1.29 is 19.7 Å². The second-order valence-electron chi connectivity index (χ2n) is 17.7. The summed E-state index contributed by atoms with van der Waals surface area (Å²) in [6.45, 7) is 0. The molecule has 0 atom stereocenters. The Labute approximate surface area is 436 Å². The largest absolute Gasteiger partial charge is 0.506 e. The SMILES string of the molecule is Nc1ccc(Oc2ccc(C3(c4ccc(Oc5ccc(N)c(O)c5)cc4)c4ccc(C#Cc5ccccc5)c(C#Cc5ccccc5)c4-c4c3ccc(C#Cc3ccccc3)c4C#Cc3ccccc3)cc2)cc1O. The van der Waals surface area contributed by atoms with Gasteiger partial charge in [-0.3, -0.25) is 0 Å². The monoisotopic (exact) mass is 964 g/mol. The first-order chi connectivity index (χ1) is 36.8. The highest BCUT2D eigenvalue weighted by molar-refractivity contribution is 5.95. The van der Waals surface area contributed by atoms with Crippen molar-refractivity contribution in [2.75, 3.05) is 11.5 Å². The molecule has 0 aromatic heterocycles. The predicted octanol–water partition coefficient (Wildman–Crippen LogP) is 13.8. The van der Waals surface area contributed by atoms with E-state index in [1.807, 2.05) is 146 Å². The van der Waals surface area contributed by atoms with E-state index in [9.17, 15) is 10.2 Å². The lowest BCUT2D eigenvalue weighted by Crippen LogP contribution is -2.28. The van der Waals surface area contributed by atoms with E-state index in [1.165, 1.54) is 12.1 Å². The average Bonchev–Trinajstić information content (AvgIpc) is 3.81. The summed E-state index contributed by atoms with van der Waals surface area (Å²) in [5.41, 5.74) is 23.3. The maximum atomic E-state index is 10.4. The Kier molecular flexibility index (Phi) is 12.8. The van der Waals surface area contributed by atoms with Gasteiger partial charge in [0, 0.05) is 67.8 Å². The van der Waals surface area contributed by atoms with Crippen LogP contribution in [-0.4, -0.2) is 10.2 Å². The van der Waals surface area contributed by atoms with Gasteiger partial charge in [-0.2, -0.15) is 0 Å². The normalized spacial score (nSPS) is 11.4. The molecule has 10 aromatic rings. The molecule has 0 bridgehead atoms. The number of aromatic hydroxyl groups is 2. The third kappa shape index (κ3) is 9.59. The van der Waals surface area contributed by atoms with Gasteiger partial charge in [0.25, 0.3) is 0 Å². The molecule has 6 N–H and O–H groups in total. The summed E-state index contributed by atoms with van der Waals surface area (Å²) in [6, 6.07) is 73.9. The molecule has 1 aliphatic rings. The summed E-state index contributed by atoms with van der Waals surface area (Å²) in [5, 5.41) is 20.9. The van der Waals surface area contributed by atoms with Crippen LogP contribution in [0.4, 0.5) is 11.4 Å². The van der Waals surface area contributed by atoms with Crippen molar-refractivity contribution in [3.63, 3.8) is 0 Å². The number of fused-ring (bicyclic) bond motifs is 3. The van der Waals surface area contributed by atoms with Crippen LogP contribution in [0.1, 0.15) is 66.8 Å². The first kappa shape index (κ1) is 46.6. The predicted molar refractivity (Wildman–Crippen MR) is 299 cm³/mol. The third-order valence-electron chi connectivity index (χ3n) is 13.0. The molecule has 0 heterocycles. The molecule has 0 spiro atoms. The molecule has 75 heavy (non-hydrogen) atoms. The van der Waals surface area contributed by atoms with Crippen LogP contribution in [0, 0.1) is 47.4 Å². The van der Waals surface area contributed by atoms with Gasteiger partial charge >= 0.3 is 0 Å². The topological polar surface area (TPSA) is 111 Å². The van der Waals surface area contributed by atoms with Gasteiger partial charge in [0.2, 0.25) is 0 Å². The molecule has 0 amide bonds. The van der Waals surface area contributed by atoms with Crippen molar-refractivity contribution in [1.82, 2.24) is 0 Å². The second kappa shape index (κ2) is 20.5. The lowest BCUT2D eigenvalue weighted by Gasteiger charge is -2.34. The minimum absolute atomic E-state index is 0.0687. The molecule has 6 heteroatoms. The molecule has 0 saturated heterocycles. The third-order valence-corrected chi connectivity index (χ3v) is 13.0. The van der Waals surface area contributed by atoms with Crippen LogP contribution in [0.25, 0.3) is 11.1 Å². The molecule has 0 radical (unpaired) electrons. The molecule has 10 aromatic carbocycles. The Bertz CT molecular complexity index is 3770. The van der Waals surface area contributed by atoms with Crippen molar-refractivity contribution >= 4 is 11.4 Å². The number of nitrogens with two attached hydrogens (primary N) is 2. The summed E-state index contributed by atoms with van der Waals surface area (Å²) in [7, 11) is 0. The zero-order chi connectivity index (χ0) is 51.1. The Morgan fingerprint density at radius 1 is 0.320 bits per heavy atom. The number of hydrogen-bond acceptors (Lipinski definition) is 6. The van der Waals surface area contributed by atoms with E-state index in [4.69, 9.17) is 20.9 Å². The van der Waals surface area contributed by atoms with Gasteiger partial charge in [-0.15, -0.1) is 0 Å². The highest BCUT2D eigenvalue weighted by Crippen LogP contribution is 2.59. The maximum absolute atomic E-state index is 10.4. The van der Waals surface area contributed by atoms with Gasteiger partial charge in [-0.1, -0.05) is 157 Å². The number of hydrogen-bond donors (Lipinski definition) is 4. The number of rotatable bonds is 6.